The zero-order valence-electron chi connectivity index (χ0n) is 29.3. The number of para-hydroxylation sites is 4. The van der Waals surface area contributed by atoms with Crippen LogP contribution in [-0.4, -0.2) is 20.4 Å². The van der Waals surface area contributed by atoms with E-state index in [4.69, 9.17) is 0 Å². The van der Waals surface area contributed by atoms with E-state index in [-0.39, 0.29) is 6.71 Å². The van der Waals surface area contributed by atoms with Crippen molar-refractivity contribution in [3.8, 4) is 33.8 Å². The molecule has 0 aliphatic carbocycles. The molecule has 0 radical (unpaired) electrons. The zero-order chi connectivity index (χ0) is 34.9. The monoisotopic (exact) mass is 693 g/mol. The summed E-state index contributed by atoms with van der Waals surface area (Å²) in [5.74, 6) is 0. The fourth-order valence-electron chi connectivity index (χ4n) is 9.65. The lowest BCUT2D eigenvalue weighted by Gasteiger charge is -2.34. The van der Waals surface area contributed by atoms with Gasteiger partial charge in [-0.2, -0.15) is 0 Å². The number of fused-ring (bicyclic) bond motifs is 8. The van der Waals surface area contributed by atoms with E-state index in [1.54, 1.807) is 0 Å². The average molecular weight is 694 g/mol. The molecular weight excluding hydrogens is 661 g/mol. The van der Waals surface area contributed by atoms with E-state index in [0.29, 0.717) is 0 Å². The van der Waals surface area contributed by atoms with Crippen molar-refractivity contribution in [1.82, 2.24) is 13.7 Å². The van der Waals surface area contributed by atoms with E-state index in [2.05, 4.69) is 185 Å². The number of hydrogen-bond acceptors (Lipinski definition) is 1. The van der Waals surface area contributed by atoms with Gasteiger partial charge in [0.25, 0.3) is 0 Å². The van der Waals surface area contributed by atoms with Crippen molar-refractivity contribution in [2.45, 2.75) is 16.7 Å². The number of rotatable bonds is 3. The van der Waals surface area contributed by atoms with Crippen molar-refractivity contribution in [1.29, 1.82) is 0 Å². The van der Waals surface area contributed by atoms with Crippen LogP contribution in [0.15, 0.2) is 168 Å². The van der Waals surface area contributed by atoms with Gasteiger partial charge in [-0.3, -0.25) is 0 Å². The van der Waals surface area contributed by atoms with Gasteiger partial charge in [-0.25, -0.2) is 0 Å². The van der Waals surface area contributed by atoms with Crippen LogP contribution in [0.25, 0.3) is 77.4 Å². The minimum absolute atomic E-state index is 0.168. The molecule has 0 bridgehead atoms. The third-order valence-corrected chi connectivity index (χ3v) is 13.0. The predicted octanol–water partition coefficient (Wildman–Crippen LogP) is 10.2. The molecule has 0 fully saturated rings. The summed E-state index contributed by atoms with van der Waals surface area (Å²) in [5, 5.41) is 5.14. The average Bonchev–Trinajstić information content (AvgIpc) is 3.82. The first kappa shape index (κ1) is 29.4. The van der Waals surface area contributed by atoms with Crippen LogP contribution >= 0.6 is 11.8 Å². The molecule has 5 heterocycles. The number of aromatic nitrogens is 3. The third kappa shape index (κ3) is 3.92. The maximum atomic E-state index is 2.59. The van der Waals surface area contributed by atoms with Crippen molar-refractivity contribution in [3.63, 3.8) is 0 Å². The van der Waals surface area contributed by atoms with Crippen LogP contribution in [0.3, 0.4) is 0 Å². The molecule has 2 aliphatic heterocycles. The molecule has 2 aliphatic rings. The Balaban J connectivity index is 1.13. The summed E-state index contributed by atoms with van der Waals surface area (Å²) >= 11 is 1.92. The van der Waals surface area contributed by atoms with E-state index in [9.17, 15) is 0 Å². The lowest BCUT2D eigenvalue weighted by molar-refractivity contribution is 0.972. The van der Waals surface area contributed by atoms with Gasteiger partial charge in [-0.1, -0.05) is 120 Å². The van der Waals surface area contributed by atoms with Gasteiger partial charge in [-0.15, -0.1) is 0 Å². The van der Waals surface area contributed by atoms with E-state index in [1.165, 1.54) is 109 Å². The molecule has 0 saturated carbocycles. The molecule has 3 nitrogen and oxygen atoms in total. The minimum atomic E-state index is 0.168. The Kier molecular flexibility index (Phi) is 5.93. The van der Waals surface area contributed by atoms with Gasteiger partial charge in [0.15, 0.2) is 0 Å². The van der Waals surface area contributed by atoms with Crippen molar-refractivity contribution >= 4 is 78.5 Å². The molecule has 0 unspecified atom stereocenters. The summed E-state index contributed by atoms with van der Waals surface area (Å²) in [6.07, 6.45) is 0. The Morgan fingerprint density at radius 3 is 2.02 bits per heavy atom. The second-order valence-corrected chi connectivity index (χ2v) is 15.7. The molecule has 10 aromatic rings. The van der Waals surface area contributed by atoms with Gasteiger partial charge < -0.3 is 13.7 Å². The van der Waals surface area contributed by atoms with Crippen LogP contribution in [0.5, 0.6) is 0 Å². The van der Waals surface area contributed by atoms with Crippen molar-refractivity contribution in [3.05, 3.63) is 163 Å². The summed E-state index contributed by atoms with van der Waals surface area (Å²) in [6.45, 7) is 2.49. The standard InChI is InChI=1S/C48H32BN3S/c1-29-46(42-26-31-13-3-7-21-39(31)50(42)2)36-18-12-20-38-48(36)51(29)43-27-32(28-45-47(43)49(38)37-19-6-10-24-44(37)53-45)30-14-11-15-33(25-30)52-40-22-8-4-16-34(40)35-17-5-9-23-41(35)52/h3-28H,1-2H3. The zero-order valence-corrected chi connectivity index (χ0v) is 30.2. The Morgan fingerprint density at radius 2 is 1.21 bits per heavy atom. The minimum Gasteiger partial charge on any atom is -0.344 e. The van der Waals surface area contributed by atoms with Gasteiger partial charge in [0.05, 0.1) is 16.7 Å². The fraction of sp³-hybridized carbons (Fsp3) is 0.0417. The molecular formula is C48H32BN3S. The second-order valence-electron chi connectivity index (χ2n) is 14.6. The molecule has 53 heavy (non-hydrogen) atoms. The van der Waals surface area contributed by atoms with Gasteiger partial charge in [0, 0.05) is 72.0 Å². The first-order chi connectivity index (χ1) is 26.1. The Hall–Kier alpha value is -6.17. The van der Waals surface area contributed by atoms with Crippen molar-refractivity contribution in [2.24, 2.45) is 7.05 Å². The number of hydrogen-bond donors (Lipinski definition) is 0. The van der Waals surface area contributed by atoms with Gasteiger partial charge in [0.1, 0.15) is 0 Å². The lowest BCUT2D eigenvalue weighted by atomic mass is 9.35. The summed E-state index contributed by atoms with van der Waals surface area (Å²) in [4.78, 5) is 2.68. The molecule has 12 rings (SSSR count). The molecule has 0 spiro atoms. The molecule has 0 atom stereocenters. The Bertz CT molecular complexity index is 3140. The SMILES string of the molecule is Cc1c(-c2cc3ccccc3n2C)c2cccc3c2n1-c1cc(-c2cccc(-n4c5ccccc5c5ccccc54)c2)cc2c1B3c1ccccc1S2. The Labute approximate surface area is 311 Å². The van der Waals surface area contributed by atoms with Crippen LogP contribution < -0.4 is 16.4 Å². The smallest absolute Gasteiger partial charge is 0.249 e. The predicted molar refractivity (Wildman–Crippen MR) is 225 cm³/mol. The van der Waals surface area contributed by atoms with Crippen LogP contribution in [-0.2, 0) is 7.05 Å². The molecule has 0 saturated heterocycles. The maximum Gasteiger partial charge on any atom is 0.249 e. The highest BCUT2D eigenvalue weighted by Crippen LogP contribution is 2.43. The quantitative estimate of drug-likeness (QED) is 0.168. The second kappa shape index (κ2) is 10.7. The fourth-order valence-corrected chi connectivity index (χ4v) is 10.9. The lowest BCUT2D eigenvalue weighted by Crippen LogP contribution is -2.58. The number of aryl methyl sites for hydroxylation is 1. The first-order valence-electron chi connectivity index (χ1n) is 18.4. The van der Waals surface area contributed by atoms with Gasteiger partial charge in [-0.05, 0) is 83.6 Å². The number of benzene rings is 7. The highest BCUT2D eigenvalue weighted by Gasteiger charge is 2.40. The summed E-state index contributed by atoms with van der Waals surface area (Å²) in [7, 11) is 2.21. The largest absolute Gasteiger partial charge is 0.344 e. The topological polar surface area (TPSA) is 14.8 Å². The molecule has 7 aromatic carbocycles. The summed E-state index contributed by atoms with van der Waals surface area (Å²) in [6, 6.07) is 58.7. The Morgan fingerprint density at radius 1 is 0.528 bits per heavy atom. The molecule has 3 aromatic heterocycles. The molecule has 248 valence electrons. The highest BCUT2D eigenvalue weighted by atomic mass is 32.2. The first-order valence-corrected chi connectivity index (χ1v) is 19.2. The van der Waals surface area contributed by atoms with E-state index >= 15 is 0 Å². The summed E-state index contributed by atoms with van der Waals surface area (Å²) in [5.41, 5.74) is 18.0. The van der Waals surface area contributed by atoms with Crippen LogP contribution in [0.1, 0.15) is 5.69 Å². The number of nitrogens with zero attached hydrogens (tertiary/aromatic N) is 3. The summed E-state index contributed by atoms with van der Waals surface area (Å²) < 4.78 is 7.38. The third-order valence-electron chi connectivity index (χ3n) is 11.9. The van der Waals surface area contributed by atoms with Crippen LogP contribution in [0.4, 0.5) is 0 Å². The van der Waals surface area contributed by atoms with Crippen LogP contribution in [0.2, 0.25) is 0 Å². The van der Waals surface area contributed by atoms with Gasteiger partial charge >= 0.3 is 0 Å². The maximum absolute atomic E-state index is 2.59. The normalized spacial score (nSPS) is 13.0. The van der Waals surface area contributed by atoms with Crippen LogP contribution in [0, 0.1) is 6.92 Å². The highest BCUT2D eigenvalue weighted by molar-refractivity contribution is 8.00. The molecule has 5 heteroatoms. The van der Waals surface area contributed by atoms with E-state index in [0.717, 1.165) is 0 Å². The molecule has 0 N–H and O–H groups in total. The van der Waals surface area contributed by atoms with E-state index < -0.39 is 0 Å². The van der Waals surface area contributed by atoms with E-state index in [1.807, 2.05) is 11.8 Å². The van der Waals surface area contributed by atoms with Gasteiger partial charge in [0.2, 0.25) is 6.71 Å². The van der Waals surface area contributed by atoms with Crippen molar-refractivity contribution in [2.75, 3.05) is 0 Å². The molecule has 0 amide bonds. The van der Waals surface area contributed by atoms with Crippen molar-refractivity contribution < 1.29 is 0 Å².